The minimum absolute atomic E-state index is 0.255. The standard InChI is InChI=1S/C12H18N4O2S2/c1-13-8-10-4-5-12(19-10)20(17,18)16(3)9-11-14-6-7-15(11)2/h4-7,13H,8-9H2,1-3H3. The minimum Gasteiger partial charge on any atom is -0.337 e. The topological polar surface area (TPSA) is 67.2 Å². The predicted molar refractivity (Wildman–Crippen MR) is 78.9 cm³/mol. The van der Waals surface area contributed by atoms with Crippen molar-refractivity contribution < 1.29 is 8.42 Å². The molecule has 6 nitrogen and oxygen atoms in total. The number of thiophene rings is 1. The molecular formula is C12H18N4O2S2. The van der Waals surface area contributed by atoms with Gasteiger partial charge in [-0.2, -0.15) is 4.31 Å². The lowest BCUT2D eigenvalue weighted by atomic mass is 10.5. The van der Waals surface area contributed by atoms with Gasteiger partial charge < -0.3 is 9.88 Å². The normalized spacial score (nSPS) is 12.2. The van der Waals surface area contributed by atoms with Crippen molar-refractivity contribution in [2.45, 2.75) is 17.3 Å². The molecule has 0 aliphatic rings. The first kappa shape index (κ1) is 15.2. The SMILES string of the molecule is CNCc1ccc(S(=O)(=O)N(C)Cc2nccn2C)s1. The van der Waals surface area contributed by atoms with Crippen molar-refractivity contribution in [3.8, 4) is 0 Å². The van der Waals surface area contributed by atoms with Crippen LogP contribution < -0.4 is 5.32 Å². The van der Waals surface area contributed by atoms with Gasteiger partial charge in [-0.15, -0.1) is 11.3 Å². The third kappa shape index (κ3) is 3.09. The van der Waals surface area contributed by atoms with Crippen molar-refractivity contribution in [3.05, 3.63) is 35.2 Å². The largest absolute Gasteiger partial charge is 0.337 e. The Labute approximate surface area is 123 Å². The fourth-order valence-electron chi connectivity index (χ4n) is 1.75. The number of hydrogen-bond acceptors (Lipinski definition) is 5. The fraction of sp³-hybridized carbons (Fsp3) is 0.417. The molecule has 110 valence electrons. The summed E-state index contributed by atoms with van der Waals surface area (Å²) in [5, 5.41) is 3.01. The third-order valence-corrected chi connectivity index (χ3v) is 6.29. The Morgan fingerprint density at radius 3 is 2.80 bits per heavy atom. The molecule has 20 heavy (non-hydrogen) atoms. The Morgan fingerprint density at radius 1 is 1.45 bits per heavy atom. The molecule has 0 aliphatic heterocycles. The van der Waals surface area contributed by atoms with Gasteiger partial charge in [0.05, 0.1) is 6.54 Å². The molecule has 0 saturated heterocycles. The number of aromatic nitrogens is 2. The second-order valence-corrected chi connectivity index (χ2v) is 7.91. The first-order valence-electron chi connectivity index (χ1n) is 6.11. The third-order valence-electron chi connectivity index (χ3n) is 2.94. The van der Waals surface area contributed by atoms with Crippen molar-refractivity contribution in [1.82, 2.24) is 19.2 Å². The van der Waals surface area contributed by atoms with E-state index < -0.39 is 10.0 Å². The lowest BCUT2D eigenvalue weighted by molar-refractivity contribution is 0.453. The van der Waals surface area contributed by atoms with E-state index in [1.807, 2.05) is 24.7 Å². The van der Waals surface area contributed by atoms with Crippen LogP contribution in [0.5, 0.6) is 0 Å². The summed E-state index contributed by atoms with van der Waals surface area (Å²) in [6, 6.07) is 3.49. The Morgan fingerprint density at radius 2 is 2.20 bits per heavy atom. The molecule has 2 heterocycles. The Kier molecular flexibility index (Phi) is 4.59. The first-order chi connectivity index (χ1) is 9.45. The lowest BCUT2D eigenvalue weighted by Gasteiger charge is -2.15. The zero-order chi connectivity index (χ0) is 14.8. The molecule has 2 aromatic rings. The van der Waals surface area contributed by atoms with Crippen LogP contribution in [0.2, 0.25) is 0 Å². The maximum atomic E-state index is 12.5. The van der Waals surface area contributed by atoms with Crippen LogP contribution in [0.15, 0.2) is 28.7 Å². The minimum atomic E-state index is -3.46. The molecule has 0 aliphatic carbocycles. The summed E-state index contributed by atoms with van der Waals surface area (Å²) in [5.74, 6) is 0.711. The summed E-state index contributed by atoms with van der Waals surface area (Å²) < 4.78 is 28.4. The molecule has 0 spiro atoms. The summed E-state index contributed by atoms with van der Waals surface area (Å²) in [4.78, 5) is 5.14. The Hall–Kier alpha value is -1.22. The van der Waals surface area contributed by atoms with Crippen molar-refractivity contribution in [1.29, 1.82) is 0 Å². The van der Waals surface area contributed by atoms with Gasteiger partial charge in [0.15, 0.2) is 0 Å². The highest BCUT2D eigenvalue weighted by atomic mass is 32.2. The fourth-order valence-corrected chi connectivity index (χ4v) is 4.46. The van der Waals surface area contributed by atoms with Gasteiger partial charge in [0.1, 0.15) is 10.0 Å². The van der Waals surface area contributed by atoms with E-state index >= 15 is 0 Å². The number of imidazole rings is 1. The van der Waals surface area contributed by atoms with Crippen molar-refractivity contribution in [3.63, 3.8) is 0 Å². The zero-order valence-electron chi connectivity index (χ0n) is 11.7. The molecule has 8 heteroatoms. The number of rotatable bonds is 6. The van der Waals surface area contributed by atoms with Crippen molar-refractivity contribution in [2.24, 2.45) is 7.05 Å². The molecule has 2 rings (SSSR count). The second-order valence-electron chi connectivity index (χ2n) is 4.47. The zero-order valence-corrected chi connectivity index (χ0v) is 13.3. The molecule has 0 unspecified atom stereocenters. The Bertz CT molecular complexity index is 675. The van der Waals surface area contributed by atoms with Crippen LogP contribution in [-0.2, 0) is 30.2 Å². The highest BCUT2D eigenvalue weighted by Crippen LogP contribution is 2.24. The van der Waals surface area contributed by atoms with E-state index in [2.05, 4.69) is 10.3 Å². The van der Waals surface area contributed by atoms with E-state index in [0.717, 1.165) is 4.88 Å². The van der Waals surface area contributed by atoms with Gasteiger partial charge in [-0.25, -0.2) is 13.4 Å². The number of nitrogens with zero attached hydrogens (tertiary/aromatic N) is 3. The summed E-state index contributed by atoms with van der Waals surface area (Å²) >= 11 is 1.29. The molecular weight excluding hydrogens is 296 g/mol. The summed E-state index contributed by atoms with van der Waals surface area (Å²) in [6.45, 7) is 0.925. The highest BCUT2D eigenvalue weighted by molar-refractivity contribution is 7.91. The van der Waals surface area contributed by atoms with Crippen LogP contribution in [0, 0.1) is 0 Å². The van der Waals surface area contributed by atoms with Crippen LogP contribution in [0.25, 0.3) is 0 Å². The first-order valence-corrected chi connectivity index (χ1v) is 8.36. The van der Waals surface area contributed by atoms with E-state index in [9.17, 15) is 8.42 Å². The van der Waals surface area contributed by atoms with Crippen LogP contribution in [0.3, 0.4) is 0 Å². The molecule has 0 saturated carbocycles. The molecule has 0 amide bonds. The van der Waals surface area contributed by atoms with Gasteiger partial charge in [-0.3, -0.25) is 0 Å². The summed E-state index contributed by atoms with van der Waals surface area (Å²) in [7, 11) is 1.79. The van der Waals surface area contributed by atoms with Crippen molar-refractivity contribution in [2.75, 3.05) is 14.1 Å². The molecule has 0 bridgehead atoms. The highest BCUT2D eigenvalue weighted by Gasteiger charge is 2.23. The van der Waals surface area contributed by atoms with Gasteiger partial charge in [0.25, 0.3) is 10.0 Å². The van der Waals surface area contributed by atoms with Gasteiger partial charge in [0.2, 0.25) is 0 Å². The maximum absolute atomic E-state index is 12.5. The molecule has 0 fully saturated rings. The smallest absolute Gasteiger partial charge is 0.252 e. The van der Waals surface area contributed by atoms with Crippen LogP contribution in [0.1, 0.15) is 10.7 Å². The Balaban J connectivity index is 2.18. The monoisotopic (exact) mass is 314 g/mol. The average Bonchev–Trinajstić information content (AvgIpc) is 3.00. The second kappa shape index (κ2) is 6.04. The van der Waals surface area contributed by atoms with Crippen molar-refractivity contribution >= 4 is 21.4 Å². The van der Waals surface area contributed by atoms with Gasteiger partial charge in [0, 0.05) is 37.9 Å². The summed E-state index contributed by atoms with van der Waals surface area (Å²) in [6.07, 6.45) is 3.46. The van der Waals surface area contributed by atoms with E-state index in [4.69, 9.17) is 0 Å². The number of nitrogens with one attached hydrogen (secondary N) is 1. The van der Waals surface area contributed by atoms with E-state index in [-0.39, 0.29) is 6.54 Å². The predicted octanol–water partition coefficient (Wildman–Crippen LogP) is 1.02. The van der Waals surface area contributed by atoms with Gasteiger partial charge in [-0.1, -0.05) is 0 Å². The number of hydrogen-bond donors (Lipinski definition) is 1. The average molecular weight is 314 g/mol. The van der Waals surface area contributed by atoms with Gasteiger partial charge >= 0.3 is 0 Å². The van der Waals surface area contributed by atoms with Crippen LogP contribution >= 0.6 is 11.3 Å². The molecule has 0 aromatic carbocycles. The summed E-state index contributed by atoms with van der Waals surface area (Å²) in [5.41, 5.74) is 0. The molecule has 0 radical (unpaired) electrons. The van der Waals surface area contributed by atoms with E-state index in [1.165, 1.54) is 15.6 Å². The molecule has 1 N–H and O–H groups in total. The van der Waals surface area contributed by atoms with Crippen LogP contribution in [-0.4, -0.2) is 36.4 Å². The maximum Gasteiger partial charge on any atom is 0.252 e. The van der Waals surface area contributed by atoms with E-state index in [0.29, 0.717) is 16.6 Å². The van der Waals surface area contributed by atoms with E-state index in [1.54, 1.807) is 25.5 Å². The molecule has 0 atom stereocenters. The quantitative estimate of drug-likeness (QED) is 0.864. The van der Waals surface area contributed by atoms with Gasteiger partial charge in [-0.05, 0) is 19.2 Å². The number of aryl methyl sites for hydroxylation is 1. The molecule has 2 aromatic heterocycles. The lowest BCUT2D eigenvalue weighted by Crippen LogP contribution is -2.27. The van der Waals surface area contributed by atoms with Crippen LogP contribution in [0.4, 0.5) is 0 Å². The number of sulfonamides is 1.